The molecule has 0 unspecified atom stereocenters. The minimum Gasteiger partial charge on any atom is -0.354 e. The molecule has 24 heavy (non-hydrogen) atoms. The van der Waals surface area contributed by atoms with Gasteiger partial charge in [0.25, 0.3) is 0 Å². The van der Waals surface area contributed by atoms with Gasteiger partial charge in [-0.3, -0.25) is 14.9 Å². The smallest absolute Gasteiger partial charge is 0.243 e. The number of hydrogen-bond acceptors (Lipinski definition) is 5. The van der Waals surface area contributed by atoms with Gasteiger partial charge in [0.2, 0.25) is 11.8 Å². The molecule has 130 valence electrons. The molecule has 2 saturated heterocycles. The molecule has 1 aromatic carbocycles. The topological polar surface area (TPSA) is 61.4 Å². The van der Waals surface area contributed by atoms with E-state index in [1.807, 2.05) is 18.2 Å². The monoisotopic (exact) mass is 365 g/mol. The second kappa shape index (κ2) is 8.78. The predicted octanol–water partition coefficient (Wildman–Crippen LogP) is 1.30. The second-order valence-electron chi connectivity index (χ2n) is 5.98. The third kappa shape index (κ3) is 4.46. The molecule has 0 aromatic heterocycles. The van der Waals surface area contributed by atoms with Gasteiger partial charge in [-0.2, -0.15) is 0 Å². The zero-order chi connectivity index (χ0) is 16.8. The van der Waals surface area contributed by atoms with Crippen molar-refractivity contribution in [2.75, 3.05) is 29.8 Å². The number of nitrogens with one attached hydrogen (secondary N) is 2. The normalized spacial score (nSPS) is 23.4. The first kappa shape index (κ1) is 17.6. The van der Waals surface area contributed by atoms with E-state index in [2.05, 4.69) is 22.8 Å². The van der Waals surface area contributed by atoms with Crippen molar-refractivity contribution in [3.05, 3.63) is 35.9 Å². The van der Waals surface area contributed by atoms with Gasteiger partial charge in [0.1, 0.15) is 6.04 Å². The number of amides is 2. The fourth-order valence-corrected chi connectivity index (χ4v) is 4.99. The number of thioether (sulfide) groups is 2. The predicted molar refractivity (Wildman–Crippen MR) is 100.0 cm³/mol. The fraction of sp³-hybridized carbons (Fsp3) is 0.529. The molecule has 2 N–H and O–H groups in total. The number of rotatable bonds is 6. The molecule has 1 aromatic rings. The van der Waals surface area contributed by atoms with Crippen molar-refractivity contribution in [1.82, 2.24) is 15.5 Å². The summed E-state index contributed by atoms with van der Waals surface area (Å²) in [5.74, 6) is 2.96. The molecule has 2 aliphatic rings. The SMILES string of the molecule is O=C(NCCCc1ccccc1)[C@@H]1CSCN1C(=O)[C@@H]1CSCN1. The fourth-order valence-electron chi connectivity index (χ4n) is 2.90. The minimum atomic E-state index is -0.327. The largest absolute Gasteiger partial charge is 0.354 e. The third-order valence-electron chi connectivity index (χ3n) is 4.27. The number of nitrogens with zero attached hydrogens (tertiary/aromatic N) is 1. The zero-order valence-corrected chi connectivity index (χ0v) is 15.2. The van der Waals surface area contributed by atoms with E-state index >= 15 is 0 Å². The standard InChI is InChI=1S/C17H23N3O2S2/c21-16(18-8-4-7-13-5-2-1-3-6-13)15-10-24-12-20(15)17(22)14-9-23-11-19-14/h1-3,5-6,14-15,19H,4,7-12H2,(H,18,21)/t14-,15-/m0/s1. The summed E-state index contributed by atoms with van der Waals surface area (Å²) in [6.45, 7) is 0.647. The van der Waals surface area contributed by atoms with Crippen molar-refractivity contribution in [2.24, 2.45) is 0 Å². The number of hydrogen-bond donors (Lipinski definition) is 2. The average Bonchev–Trinajstić information content (AvgIpc) is 3.30. The first-order valence-electron chi connectivity index (χ1n) is 8.26. The van der Waals surface area contributed by atoms with Crippen molar-refractivity contribution in [2.45, 2.75) is 24.9 Å². The van der Waals surface area contributed by atoms with Crippen LogP contribution in [-0.2, 0) is 16.0 Å². The highest BCUT2D eigenvalue weighted by atomic mass is 32.2. The molecule has 5 nitrogen and oxygen atoms in total. The van der Waals surface area contributed by atoms with Crippen LogP contribution in [0.1, 0.15) is 12.0 Å². The lowest BCUT2D eigenvalue weighted by Crippen LogP contribution is -2.52. The van der Waals surface area contributed by atoms with E-state index in [-0.39, 0.29) is 23.9 Å². The van der Waals surface area contributed by atoms with Crippen LogP contribution in [0, 0.1) is 0 Å². The van der Waals surface area contributed by atoms with E-state index < -0.39 is 0 Å². The van der Waals surface area contributed by atoms with Gasteiger partial charge in [-0.15, -0.1) is 23.5 Å². The van der Waals surface area contributed by atoms with Crippen molar-refractivity contribution in [3.8, 4) is 0 Å². The molecule has 0 spiro atoms. The summed E-state index contributed by atoms with van der Waals surface area (Å²) >= 11 is 3.38. The maximum atomic E-state index is 12.5. The molecular weight excluding hydrogens is 342 g/mol. The van der Waals surface area contributed by atoms with Crippen molar-refractivity contribution < 1.29 is 9.59 Å². The van der Waals surface area contributed by atoms with E-state index in [1.54, 1.807) is 28.4 Å². The van der Waals surface area contributed by atoms with E-state index in [0.29, 0.717) is 18.2 Å². The van der Waals surface area contributed by atoms with E-state index in [9.17, 15) is 9.59 Å². The summed E-state index contributed by atoms with van der Waals surface area (Å²) in [6.07, 6.45) is 1.86. The number of carbonyl (C=O) groups is 2. The Hall–Kier alpha value is -1.18. The van der Waals surface area contributed by atoms with E-state index in [1.165, 1.54) is 5.56 Å². The molecule has 2 heterocycles. The summed E-state index contributed by atoms with van der Waals surface area (Å²) in [4.78, 5) is 26.7. The zero-order valence-electron chi connectivity index (χ0n) is 13.6. The Labute approximate surface area is 151 Å². The Morgan fingerprint density at radius 2 is 2.04 bits per heavy atom. The van der Waals surface area contributed by atoms with Crippen LogP contribution in [0.25, 0.3) is 0 Å². The summed E-state index contributed by atoms with van der Waals surface area (Å²) in [5, 5.41) is 6.19. The molecule has 2 aliphatic heterocycles. The first-order valence-corrected chi connectivity index (χ1v) is 10.6. The highest BCUT2D eigenvalue weighted by molar-refractivity contribution is 7.99. The number of carbonyl (C=O) groups excluding carboxylic acids is 2. The van der Waals surface area contributed by atoms with Crippen LogP contribution in [0.5, 0.6) is 0 Å². The Morgan fingerprint density at radius 3 is 2.79 bits per heavy atom. The van der Waals surface area contributed by atoms with E-state index in [4.69, 9.17) is 0 Å². The van der Waals surface area contributed by atoms with Crippen molar-refractivity contribution >= 4 is 35.3 Å². The maximum Gasteiger partial charge on any atom is 0.243 e. The van der Waals surface area contributed by atoms with Crippen LogP contribution in [0.15, 0.2) is 30.3 Å². The van der Waals surface area contributed by atoms with Crippen molar-refractivity contribution in [1.29, 1.82) is 0 Å². The average molecular weight is 366 g/mol. The van der Waals surface area contributed by atoms with Gasteiger partial charge in [-0.25, -0.2) is 0 Å². The quantitative estimate of drug-likeness (QED) is 0.744. The molecule has 3 rings (SSSR count). The van der Waals surface area contributed by atoms with Crippen LogP contribution < -0.4 is 10.6 Å². The summed E-state index contributed by atoms with van der Waals surface area (Å²) in [5.41, 5.74) is 1.28. The lowest BCUT2D eigenvalue weighted by molar-refractivity contribution is -0.139. The molecule has 7 heteroatoms. The maximum absolute atomic E-state index is 12.5. The Balaban J connectivity index is 1.44. The highest BCUT2D eigenvalue weighted by Crippen LogP contribution is 2.23. The lowest BCUT2D eigenvalue weighted by Gasteiger charge is -2.25. The van der Waals surface area contributed by atoms with Gasteiger partial charge in [0, 0.05) is 23.9 Å². The van der Waals surface area contributed by atoms with Crippen LogP contribution in [0.2, 0.25) is 0 Å². The molecule has 0 bridgehead atoms. The van der Waals surface area contributed by atoms with E-state index in [0.717, 1.165) is 24.5 Å². The summed E-state index contributed by atoms with van der Waals surface area (Å²) in [7, 11) is 0. The lowest BCUT2D eigenvalue weighted by atomic mass is 10.1. The van der Waals surface area contributed by atoms with Crippen LogP contribution in [0.4, 0.5) is 0 Å². The Bertz CT molecular complexity index is 564. The number of benzene rings is 1. The van der Waals surface area contributed by atoms with Gasteiger partial charge < -0.3 is 10.2 Å². The molecule has 0 radical (unpaired) electrons. The van der Waals surface area contributed by atoms with Gasteiger partial charge in [0.05, 0.1) is 11.9 Å². The second-order valence-corrected chi connectivity index (χ2v) is 8.01. The first-order chi connectivity index (χ1) is 11.8. The molecule has 2 atom stereocenters. The summed E-state index contributed by atoms with van der Waals surface area (Å²) < 4.78 is 0. The number of aryl methyl sites for hydroxylation is 1. The minimum absolute atomic E-state index is 0.0212. The summed E-state index contributed by atoms with van der Waals surface area (Å²) in [6, 6.07) is 9.80. The highest BCUT2D eigenvalue weighted by Gasteiger charge is 2.38. The molecular formula is C17H23N3O2S2. The van der Waals surface area contributed by atoms with Gasteiger partial charge in [-0.05, 0) is 18.4 Å². The molecule has 2 fully saturated rings. The third-order valence-corrected chi connectivity index (χ3v) is 6.22. The van der Waals surface area contributed by atoms with Gasteiger partial charge >= 0.3 is 0 Å². The van der Waals surface area contributed by atoms with Crippen molar-refractivity contribution in [3.63, 3.8) is 0 Å². The molecule has 0 saturated carbocycles. The molecule has 2 amide bonds. The van der Waals surface area contributed by atoms with Gasteiger partial charge in [0.15, 0.2) is 0 Å². The Morgan fingerprint density at radius 1 is 1.21 bits per heavy atom. The molecule has 0 aliphatic carbocycles. The van der Waals surface area contributed by atoms with Crippen LogP contribution in [0.3, 0.4) is 0 Å². The van der Waals surface area contributed by atoms with Gasteiger partial charge in [-0.1, -0.05) is 30.3 Å². The Kier molecular flexibility index (Phi) is 6.45. The van der Waals surface area contributed by atoms with Crippen LogP contribution in [-0.4, -0.2) is 58.6 Å². The van der Waals surface area contributed by atoms with Crippen LogP contribution >= 0.6 is 23.5 Å².